The summed E-state index contributed by atoms with van der Waals surface area (Å²) in [6.45, 7) is 1.32. The van der Waals surface area contributed by atoms with Crippen molar-refractivity contribution in [3.05, 3.63) is 77.2 Å². The predicted molar refractivity (Wildman–Crippen MR) is 113 cm³/mol. The van der Waals surface area contributed by atoms with Crippen LogP contribution in [0.15, 0.2) is 54.9 Å². The fourth-order valence-electron chi connectivity index (χ4n) is 3.09. The minimum absolute atomic E-state index is 0.0591. The number of hydrogen-bond donors (Lipinski definition) is 1. The standard InChI is InChI=1S/C23H13F6N5O/c1-13(35)32-20-9-3-14(11-30-20)2-4-16-12-31-34-19(23(27,28)29)10-18(33-21(16)34)15-5-7-17(8-6-15)22(24,25)26/h3,5-12H,1H3,(H,30,32,35). The third kappa shape index (κ3) is 5.24. The number of fused-ring (bicyclic) bond motifs is 1. The van der Waals surface area contributed by atoms with Crippen molar-refractivity contribution in [1.82, 2.24) is 19.6 Å². The highest BCUT2D eigenvalue weighted by Gasteiger charge is 2.36. The first-order valence-electron chi connectivity index (χ1n) is 9.81. The molecular formula is C23H13F6N5O. The molecule has 4 aromatic rings. The van der Waals surface area contributed by atoms with Gasteiger partial charge in [-0.05, 0) is 30.3 Å². The van der Waals surface area contributed by atoms with Crippen molar-refractivity contribution in [2.24, 2.45) is 0 Å². The molecule has 12 heteroatoms. The van der Waals surface area contributed by atoms with Gasteiger partial charge in [0.05, 0.1) is 23.0 Å². The zero-order chi connectivity index (χ0) is 25.4. The van der Waals surface area contributed by atoms with Gasteiger partial charge in [0, 0.05) is 24.2 Å². The molecule has 3 aromatic heterocycles. The molecule has 3 heterocycles. The first kappa shape index (κ1) is 23.7. The smallest absolute Gasteiger partial charge is 0.311 e. The molecule has 0 atom stereocenters. The Morgan fingerprint density at radius 2 is 1.66 bits per heavy atom. The van der Waals surface area contributed by atoms with Crippen molar-refractivity contribution in [2.45, 2.75) is 19.3 Å². The summed E-state index contributed by atoms with van der Waals surface area (Å²) in [4.78, 5) is 19.3. The number of carbonyl (C=O) groups is 1. The monoisotopic (exact) mass is 489 g/mol. The number of aromatic nitrogens is 4. The highest BCUT2D eigenvalue weighted by Crippen LogP contribution is 2.34. The van der Waals surface area contributed by atoms with E-state index in [2.05, 4.69) is 32.2 Å². The van der Waals surface area contributed by atoms with Crippen LogP contribution in [0.5, 0.6) is 0 Å². The fraction of sp³-hybridized carbons (Fsp3) is 0.130. The fourth-order valence-corrected chi connectivity index (χ4v) is 3.09. The average Bonchev–Trinajstić information content (AvgIpc) is 3.19. The van der Waals surface area contributed by atoms with Crippen LogP contribution in [-0.4, -0.2) is 25.5 Å². The number of hydrogen-bond acceptors (Lipinski definition) is 4. The number of halogens is 6. The molecule has 0 saturated carbocycles. The Kier molecular flexibility index (Phi) is 5.94. The quantitative estimate of drug-likeness (QED) is 0.311. The second-order valence-electron chi connectivity index (χ2n) is 7.26. The van der Waals surface area contributed by atoms with Gasteiger partial charge in [-0.25, -0.2) is 14.5 Å². The van der Waals surface area contributed by atoms with Gasteiger partial charge in [-0.1, -0.05) is 24.0 Å². The lowest BCUT2D eigenvalue weighted by Gasteiger charge is -2.12. The number of benzene rings is 1. The van der Waals surface area contributed by atoms with Gasteiger partial charge in [0.1, 0.15) is 5.82 Å². The Morgan fingerprint density at radius 1 is 0.943 bits per heavy atom. The maximum absolute atomic E-state index is 13.7. The van der Waals surface area contributed by atoms with Crippen LogP contribution < -0.4 is 5.32 Å². The molecule has 35 heavy (non-hydrogen) atoms. The maximum atomic E-state index is 13.7. The average molecular weight is 489 g/mol. The molecule has 0 bridgehead atoms. The van der Waals surface area contributed by atoms with Gasteiger partial charge in [0.2, 0.25) is 5.91 Å². The van der Waals surface area contributed by atoms with Crippen molar-refractivity contribution in [2.75, 3.05) is 5.32 Å². The summed E-state index contributed by atoms with van der Waals surface area (Å²) in [5.74, 6) is 5.42. The van der Waals surface area contributed by atoms with Crippen LogP contribution in [0.2, 0.25) is 0 Å². The predicted octanol–water partition coefficient (Wildman–Crippen LogP) is 5.19. The summed E-state index contributed by atoms with van der Waals surface area (Å²) < 4.78 is 80.3. The van der Waals surface area contributed by atoms with Crippen molar-refractivity contribution >= 4 is 17.4 Å². The molecule has 0 unspecified atom stereocenters. The SMILES string of the molecule is CC(=O)Nc1ccc(C#Cc2cnn3c(C(F)(F)F)cc(-c4ccc(C(F)(F)F)cc4)nc23)cn1. The van der Waals surface area contributed by atoms with E-state index in [0.29, 0.717) is 22.0 Å². The second-order valence-corrected chi connectivity index (χ2v) is 7.26. The molecule has 6 nitrogen and oxygen atoms in total. The molecular weight excluding hydrogens is 476 g/mol. The number of alkyl halides is 6. The molecule has 0 aliphatic heterocycles. The molecule has 0 radical (unpaired) electrons. The van der Waals surface area contributed by atoms with Crippen LogP contribution in [0.4, 0.5) is 32.2 Å². The molecule has 178 valence electrons. The number of amides is 1. The minimum atomic E-state index is -4.82. The lowest BCUT2D eigenvalue weighted by Crippen LogP contribution is -2.13. The Labute approximate surface area is 193 Å². The number of nitrogens with one attached hydrogen (secondary N) is 1. The lowest BCUT2D eigenvalue weighted by atomic mass is 10.1. The summed E-state index contributed by atoms with van der Waals surface area (Å²) in [7, 11) is 0. The molecule has 0 aliphatic rings. The zero-order valence-corrected chi connectivity index (χ0v) is 17.7. The van der Waals surface area contributed by atoms with Gasteiger partial charge in [0.15, 0.2) is 11.3 Å². The van der Waals surface area contributed by atoms with Crippen LogP contribution >= 0.6 is 0 Å². The van der Waals surface area contributed by atoms with E-state index in [-0.39, 0.29) is 28.4 Å². The van der Waals surface area contributed by atoms with Crippen LogP contribution in [0.1, 0.15) is 29.3 Å². The number of anilines is 1. The second kappa shape index (κ2) is 8.75. The van der Waals surface area contributed by atoms with E-state index in [9.17, 15) is 31.1 Å². The van der Waals surface area contributed by atoms with E-state index in [1.807, 2.05) is 0 Å². The summed E-state index contributed by atoms with van der Waals surface area (Å²) in [6.07, 6.45) is -6.93. The van der Waals surface area contributed by atoms with Gasteiger partial charge in [-0.15, -0.1) is 0 Å². The number of pyridine rings is 1. The van der Waals surface area contributed by atoms with E-state index in [4.69, 9.17) is 0 Å². The molecule has 1 aromatic carbocycles. The molecule has 4 rings (SSSR count). The van der Waals surface area contributed by atoms with E-state index in [0.717, 1.165) is 30.5 Å². The number of rotatable bonds is 2. The van der Waals surface area contributed by atoms with Crippen molar-refractivity contribution in [1.29, 1.82) is 0 Å². The topological polar surface area (TPSA) is 72.2 Å². The van der Waals surface area contributed by atoms with Gasteiger partial charge in [-0.3, -0.25) is 4.79 Å². The minimum Gasteiger partial charge on any atom is -0.311 e. The first-order chi connectivity index (χ1) is 16.4. The molecule has 0 aliphatic carbocycles. The highest BCUT2D eigenvalue weighted by molar-refractivity contribution is 5.87. The van der Waals surface area contributed by atoms with Crippen molar-refractivity contribution in [3.8, 4) is 23.1 Å². The third-order valence-corrected chi connectivity index (χ3v) is 4.68. The largest absolute Gasteiger partial charge is 0.433 e. The maximum Gasteiger partial charge on any atom is 0.433 e. The Morgan fingerprint density at radius 3 is 2.23 bits per heavy atom. The Bertz CT molecular complexity index is 1460. The first-order valence-corrected chi connectivity index (χ1v) is 9.81. The van der Waals surface area contributed by atoms with Crippen LogP contribution in [0.25, 0.3) is 16.9 Å². The number of carbonyl (C=O) groups excluding carboxylic acids is 1. The van der Waals surface area contributed by atoms with E-state index in [1.165, 1.54) is 19.2 Å². The third-order valence-electron chi connectivity index (χ3n) is 4.68. The van der Waals surface area contributed by atoms with E-state index in [1.54, 1.807) is 6.07 Å². The molecule has 1 amide bonds. The number of nitrogens with zero attached hydrogens (tertiary/aromatic N) is 4. The summed E-state index contributed by atoms with van der Waals surface area (Å²) in [6, 6.07) is 7.40. The Balaban J connectivity index is 1.77. The molecule has 0 saturated heterocycles. The lowest BCUT2D eigenvalue weighted by molar-refractivity contribution is -0.142. The summed E-state index contributed by atoms with van der Waals surface area (Å²) in [5, 5.41) is 6.23. The van der Waals surface area contributed by atoms with Crippen LogP contribution in [-0.2, 0) is 17.1 Å². The zero-order valence-electron chi connectivity index (χ0n) is 17.7. The van der Waals surface area contributed by atoms with Gasteiger partial charge in [0.25, 0.3) is 0 Å². The molecule has 0 fully saturated rings. The van der Waals surface area contributed by atoms with Crippen molar-refractivity contribution < 1.29 is 31.1 Å². The summed E-state index contributed by atoms with van der Waals surface area (Å²) in [5.41, 5.74) is -1.97. The van der Waals surface area contributed by atoms with Gasteiger partial charge >= 0.3 is 12.4 Å². The van der Waals surface area contributed by atoms with E-state index >= 15 is 0 Å². The van der Waals surface area contributed by atoms with Gasteiger partial charge < -0.3 is 5.32 Å². The van der Waals surface area contributed by atoms with Crippen LogP contribution in [0, 0.1) is 11.8 Å². The van der Waals surface area contributed by atoms with Crippen LogP contribution in [0.3, 0.4) is 0 Å². The molecule has 0 spiro atoms. The summed E-state index contributed by atoms with van der Waals surface area (Å²) >= 11 is 0. The van der Waals surface area contributed by atoms with Crippen molar-refractivity contribution in [3.63, 3.8) is 0 Å². The molecule has 1 N–H and O–H groups in total. The van der Waals surface area contributed by atoms with E-state index < -0.39 is 23.6 Å². The van der Waals surface area contributed by atoms with Gasteiger partial charge in [-0.2, -0.15) is 31.4 Å². The normalized spacial score (nSPS) is 11.7. The Hall–Kier alpha value is -4.40. The highest BCUT2D eigenvalue weighted by atomic mass is 19.4.